The van der Waals surface area contributed by atoms with Gasteiger partial charge in [0, 0.05) is 18.5 Å². The first-order valence-electron chi connectivity index (χ1n) is 6.67. The van der Waals surface area contributed by atoms with E-state index in [9.17, 15) is 9.90 Å². The summed E-state index contributed by atoms with van der Waals surface area (Å²) in [5, 5.41) is 12.6. The third-order valence-corrected chi connectivity index (χ3v) is 5.00. The number of amides is 1. The van der Waals surface area contributed by atoms with Gasteiger partial charge in [-0.1, -0.05) is 30.3 Å². The highest BCUT2D eigenvalue weighted by Gasteiger charge is 2.41. The van der Waals surface area contributed by atoms with Gasteiger partial charge in [-0.05, 0) is 35.1 Å². The molecule has 1 aliphatic heterocycles. The van der Waals surface area contributed by atoms with Crippen molar-refractivity contribution < 1.29 is 9.90 Å². The lowest BCUT2D eigenvalue weighted by Gasteiger charge is -2.27. The van der Waals surface area contributed by atoms with Gasteiger partial charge in [0.05, 0.1) is 0 Å². The van der Waals surface area contributed by atoms with Crippen molar-refractivity contribution >= 4 is 34.1 Å². The number of carbonyl (C=O) groups excluding carboxylic acids is 1. The molecule has 20 heavy (non-hydrogen) atoms. The van der Waals surface area contributed by atoms with E-state index in [1.807, 2.05) is 42.5 Å². The third kappa shape index (κ3) is 2.30. The molecule has 0 spiro atoms. The van der Waals surface area contributed by atoms with Crippen molar-refractivity contribution in [2.75, 3.05) is 23.5 Å². The molecule has 2 aromatic carbocycles. The number of benzene rings is 2. The Morgan fingerprint density at radius 2 is 2.00 bits per heavy atom. The smallest absolute Gasteiger partial charge is 0.259 e. The monoisotopic (exact) mass is 287 g/mol. The molecule has 1 fully saturated rings. The Bertz CT molecular complexity index is 650. The Morgan fingerprint density at radius 1 is 1.25 bits per heavy atom. The first-order chi connectivity index (χ1) is 9.60. The average Bonchev–Trinajstić information content (AvgIpc) is 2.93. The third-order valence-electron chi connectivity index (χ3n) is 3.82. The number of hydrogen-bond donors (Lipinski definition) is 1. The maximum absolute atomic E-state index is 12.5. The van der Waals surface area contributed by atoms with Gasteiger partial charge < -0.3 is 10.0 Å². The number of fused-ring (bicyclic) bond motifs is 1. The molecular weight excluding hydrogens is 270 g/mol. The fourth-order valence-electron chi connectivity index (χ4n) is 2.54. The molecule has 2 aromatic rings. The number of nitrogens with zero attached hydrogens (tertiary/aromatic N) is 1. The average molecular weight is 287 g/mol. The molecule has 3 nitrogen and oxygen atoms in total. The molecule has 1 heterocycles. The van der Waals surface area contributed by atoms with Crippen LogP contribution in [0.5, 0.6) is 0 Å². The van der Waals surface area contributed by atoms with Crippen molar-refractivity contribution in [1.29, 1.82) is 0 Å². The van der Waals surface area contributed by atoms with Crippen molar-refractivity contribution in [3.63, 3.8) is 0 Å². The minimum Gasteiger partial charge on any atom is -0.379 e. The number of anilines is 1. The summed E-state index contributed by atoms with van der Waals surface area (Å²) < 4.78 is 0. The van der Waals surface area contributed by atoms with Crippen LogP contribution in [-0.4, -0.2) is 35.2 Å². The predicted octanol–water partition coefficient (Wildman–Crippen LogP) is 2.67. The largest absolute Gasteiger partial charge is 0.379 e. The van der Waals surface area contributed by atoms with E-state index >= 15 is 0 Å². The zero-order chi connectivity index (χ0) is 14.2. The summed E-state index contributed by atoms with van der Waals surface area (Å²) >= 11 is 1.63. The molecule has 0 aliphatic carbocycles. The van der Waals surface area contributed by atoms with Gasteiger partial charge in [-0.25, -0.2) is 0 Å². The van der Waals surface area contributed by atoms with Crippen LogP contribution in [0.3, 0.4) is 0 Å². The van der Waals surface area contributed by atoms with Gasteiger partial charge in [0.25, 0.3) is 5.91 Å². The quantitative estimate of drug-likeness (QED) is 0.923. The van der Waals surface area contributed by atoms with E-state index in [0.29, 0.717) is 12.2 Å². The lowest BCUT2D eigenvalue weighted by Crippen LogP contribution is -2.47. The van der Waals surface area contributed by atoms with Gasteiger partial charge in [0.15, 0.2) is 5.60 Å². The summed E-state index contributed by atoms with van der Waals surface area (Å²) in [6.07, 6.45) is 0.536. The molecule has 3 rings (SSSR count). The van der Waals surface area contributed by atoms with Crippen LogP contribution in [0.25, 0.3) is 10.8 Å². The Hall–Kier alpha value is -1.52. The summed E-state index contributed by atoms with van der Waals surface area (Å²) in [7, 11) is 1.73. The number of carbonyl (C=O) groups is 1. The standard InChI is InChI=1S/C16H17NO2S/c1-17(15(18)16(19)8-9-20-11-16)14-7-6-12-4-2-3-5-13(12)10-14/h2-7,10,19H,8-9,11H2,1H3. The van der Waals surface area contributed by atoms with Crippen molar-refractivity contribution in [2.45, 2.75) is 12.0 Å². The second-order valence-corrected chi connectivity index (χ2v) is 6.33. The second-order valence-electron chi connectivity index (χ2n) is 5.23. The first kappa shape index (κ1) is 13.5. The summed E-state index contributed by atoms with van der Waals surface area (Å²) in [5.41, 5.74) is -0.385. The molecule has 0 radical (unpaired) electrons. The SMILES string of the molecule is CN(C(=O)C1(O)CCSC1)c1ccc2ccccc2c1. The van der Waals surface area contributed by atoms with Gasteiger partial charge in [0.2, 0.25) is 0 Å². The van der Waals surface area contributed by atoms with Crippen molar-refractivity contribution in [3.05, 3.63) is 42.5 Å². The van der Waals surface area contributed by atoms with Crippen LogP contribution in [0.1, 0.15) is 6.42 Å². The maximum Gasteiger partial charge on any atom is 0.259 e. The zero-order valence-electron chi connectivity index (χ0n) is 11.4. The van der Waals surface area contributed by atoms with Crippen LogP contribution < -0.4 is 4.90 Å². The molecule has 1 saturated heterocycles. The summed E-state index contributed by atoms with van der Waals surface area (Å²) in [5.74, 6) is 1.12. The van der Waals surface area contributed by atoms with Gasteiger partial charge in [0.1, 0.15) is 0 Å². The van der Waals surface area contributed by atoms with Gasteiger partial charge >= 0.3 is 0 Å². The lowest BCUT2D eigenvalue weighted by molar-refractivity contribution is -0.134. The van der Waals surface area contributed by atoms with Crippen molar-refractivity contribution in [2.24, 2.45) is 0 Å². The van der Waals surface area contributed by atoms with Gasteiger partial charge in [-0.3, -0.25) is 4.79 Å². The topological polar surface area (TPSA) is 40.5 Å². The highest BCUT2D eigenvalue weighted by Crippen LogP contribution is 2.31. The first-order valence-corrected chi connectivity index (χ1v) is 7.83. The van der Waals surface area contributed by atoms with E-state index < -0.39 is 5.60 Å². The van der Waals surface area contributed by atoms with E-state index in [1.165, 1.54) is 0 Å². The number of rotatable bonds is 2. The van der Waals surface area contributed by atoms with E-state index in [2.05, 4.69) is 0 Å². The Morgan fingerprint density at radius 3 is 2.70 bits per heavy atom. The molecule has 0 aromatic heterocycles. The van der Waals surface area contributed by atoms with Crippen molar-refractivity contribution in [3.8, 4) is 0 Å². The molecule has 1 atom stereocenters. The predicted molar refractivity (Wildman–Crippen MR) is 84.2 cm³/mol. The molecule has 104 valence electrons. The number of likely N-dealkylation sites (N-methyl/N-ethyl adjacent to an activating group) is 1. The molecule has 1 N–H and O–H groups in total. The Labute approximate surface area is 122 Å². The molecule has 1 aliphatic rings. The number of aliphatic hydroxyl groups is 1. The Kier molecular flexibility index (Phi) is 3.44. The van der Waals surface area contributed by atoms with E-state index in [-0.39, 0.29) is 5.91 Å². The summed E-state index contributed by atoms with van der Waals surface area (Å²) in [4.78, 5) is 14.0. The Balaban J connectivity index is 1.91. The van der Waals surface area contributed by atoms with Gasteiger partial charge in [-0.2, -0.15) is 11.8 Å². The number of thioether (sulfide) groups is 1. The molecule has 1 unspecified atom stereocenters. The van der Waals surface area contributed by atoms with Crippen LogP contribution >= 0.6 is 11.8 Å². The van der Waals surface area contributed by atoms with Crippen molar-refractivity contribution in [1.82, 2.24) is 0 Å². The van der Waals surface area contributed by atoms with Crippen LogP contribution in [0.2, 0.25) is 0 Å². The van der Waals surface area contributed by atoms with Crippen LogP contribution in [0.4, 0.5) is 5.69 Å². The second kappa shape index (κ2) is 5.11. The van der Waals surface area contributed by atoms with E-state index in [4.69, 9.17) is 0 Å². The lowest BCUT2D eigenvalue weighted by atomic mass is 10.0. The summed E-state index contributed by atoms with van der Waals surface area (Å²) in [6, 6.07) is 14.0. The maximum atomic E-state index is 12.5. The highest BCUT2D eigenvalue weighted by atomic mass is 32.2. The normalized spacial score (nSPS) is 22.1. The highest BCUT2D eigenvalue weighted by molar-refractivity contribution is 7.99. The molecule has 4 heteroatoms. The minimum absolute atomic E-state index is 0.210. The fraction of sp³-hybridized carbons (Fsp3) is 0.312. The molecule has 0 bridgehead atoms. The van der Waals surface area contributed by atoms with E-state index in [0.717, 1.165) is 22.2 Å². The van der Waals surface area contributed by atoms with Crippen LogP contribution in [0, 0.1) is 0 Å². The minimum atomic E-state index is -1.20. The molecule has 1 amide bonds. The van der Waals surface area contributed by atoms with Crippen LogP contribution in [0.15, 0.2) is 42.5 Å². The summed E-state index contributed by atoms with van der Waals surface area (Å²) in [6.45, 7) is 0. The number of hydrogen-bond acceptors (Lipinski definition) is 3. The molecule has 0 saturated carbocycles. The van der Waals surface area contributed by atoms with Gasteiger partial charge in [-0.15, -0.1) is 0 Å². The zero-order valence-corrected chi connectivity index (χ0v) is 12.2. The fourth-order valence-corrected chi connectivity index (χ4v) is 3.77. The van der Waals surface area contributed by atoms with E-state index in [1.54, 1.807) is 23.7 Å². The molecular formula is C16H17NO2S. The van der Waals surface area contributed by atoms with Crippen LogP contribution in [-0.2, 0) is 4.79 Å².